The Balaban J connectivity index is -0.00000000667. The van der Waals surface area contributed by atoms with Crippen LogP contribution in [0.25, 0.3) is 0 Å². The fourth-order valence-electron chi connectivity index (χ4n) is 0. The summed E-state index contributed by atoms with van der Waals surface area (Å²) in [5, 5.41) is 0. The van der Waals surface area contributed by atoms with Gasteiger partial charge in [0.05, 0.1) is 0 Å². The second-order valence-corrected chi connectivity index (χ2v) is 0.289. The predicted octanol–water partition coefficient (Wildman–Crippen LogP) is -4.99. The fraction of sp³-hybridized carbons (Fsp3) is 0. The van der Waals surface area contributed by atoms with E-state index in [1.807, 2.05) is 0 Å². The molecule has 0 aromatic carbocycles. The van der Waals surface area contributed by atoms with E-state index < -0.39 is 0 Å². The first-order chi connectivity index (χ1) is 1.41. The molecule has 0 aliphatic carbocycles. The molecule has 0 nitrogen and oxygen atoms in total. The summed E-state index contributed by atoms with van der Waals surface area (Å²) < 4.78 is 0. The summed E-state index contributed by atoms with van der Waals surface area (Å²) >= 11 is 0. The maximum atomic E-state index is 3.25. The number of rotatable bonds is 0. The first-order valence-electron chi connectivity index (χ1n) is 0.816. The molecule has 0 atom stereocenters. The molecule has 0 spiro atoms. The summed E-state index contributed by atoms with van der Waals surface area (Å²) in [5.74, 6) is 0. The Morgan fingerprint density at radius 3 is 1.33 bits per heavy atom. The van der Waals surface area contributed by atoms with E-state index in [9.17, 15) is 0 Å². The van der Waals surface area contributed by atoms with Crippen molar-refractivity contribution in [2.75, 3.05) is 0 Å². The molecule has 0 N–H and O–H groups in total. The molecule has 0 heterocycles. The SMILES string of the molecule is C=C[CH2-].[Cl-].[Cl-].[Cr+3]. The van der Waals surface area contributed by atoms with Crippen molar-refractivity contribution in [3.05, 3.63) is 19.6 Å². The Labute approximate surface area is 62.0 Å². The number of hydrogen-bond donors (Lipinski definition) is 0. The molecule has 0 rings (SSSR count). The first-order valence-corrected chi connectivity index (χ1v) is 0.816. The van der Waals surface area contributed by atoms with Gasteiger partial charge in [-0.05, 0) is 0 Å². The van der Waals surface area contributed by atoms with Crippen LogP contribution in [0.3, 0.4) is 0 Å². The second kappa shape index (κ2) is 43.0. The molecule has 1 radical (unpaired) electrons. The average molecular weight is 164 g/mol. The predicted molar refractivity (Wildman–Crippen MR) is 15.6 cm³/mol. The van der Waals surface area contributed by atoms with Crippen molar-refractivity contribution in [1.29, 1.82) is 0 Å². The summed E-state index contributed by atoms with van der Waals surface area (Å²) in [7, 11) is 0. The summed E-state index contributed by atoms with van der Waals surface area (Å²) in [5.41, 5.74) is 0. The molecular weight excluding hydrogens is 159 g/mol. The maximum Gasteiger partial charge on any atom is 3.00 e. The molecule has 6 heavy (non-hydrogen) atoms. The maximum absolute atomic E-state index is 3.25. The van der Waals surface area contributed by atoms with E-state index in [1.54, 1.807) is 0 Å². The first kappa shape index (κ1) is 29.7. The van der Waals surface area contributed by atoms with Crippen molar-refractivity contribution in [3.63, 3.8) is 0 Å². The molecule has 0 unspecified atom stereocenters. The third kappa shape index (κ3) is 125. The van der Waals surface area contributed by atoms with Crippen LogP contribution in [-0.4, -0.2) is 0 Å². The van der Waals surface area contributed by atoms with Crippen LogP contribution in [0.4, 0.5) is 0 Å². The normalized spacial score (nSPS) is 2.00. The molecule has 0 aliphatic rings. The van der Waals surface area contributed by atoms with Crippen LogP contribution in [0, 0.1) is 6.92 Å². The molecule has 0 amide bonds. The Morgan fingerprint density at radius 1 is 1.33 bits per heavy atom. The van der Waals surface area contributed by atoms with E-state index in [1.165, 1.54) is 6.08 Å². The minimum absolute atomic E-state index is 0. The molecule has 0 saturated heterocycles. The van der Waals surface area contributed by atoms with Gasteiger partial charge in [0.15, 0.2) is 0 Å². The van der Waals surface area contributed by atoms with Crippen LogP contribution in [-0.2, 0) is 17.4 Å². The van der Waals surface area contributed by atoms with Gasteiger partial charge < -0.3 is 24.8 Å². The van der Waals surface area contributed by atoms with Gasteiger partial charge in [0.2, 0.25) is 0 Å². The van der Waals surface area contributed by atoms with Crippen molar-refractivity contribution in [1.82, 2.24) is 0 Å². The quantitative estimate of drug-likeness (QED) is 0.314. The monoisotopic (exact) mass is 163 g/mol. The Hall–Kier alpha value is 0.722. The fourth-order valence-corrected chi connectivity index (χ4v) is 0. The zero-order valence-electron chi connectivity index (χ0n) is 3.16. The molecule has 0 aromatic rings. The molecular formula is C3H5Cl2Cr. The van der Waals surface area contributed by atoms with Crippen LogP contribution in [0.5, 0.6) is 0 Å². The van der Waals surface area contributed by atoms with E-state index in [4.69, 9.17) is 0 Å². The van der Waals surface area contributed by atoms with Gasteiger partial charge in [-0.15, -0.1) is 0 Å². The summed E-state index contributed by atoms with van der Waals surface area (Å²) in [6.07, 6.45) is 1.50. The molecule has 0 saturated carbocycles. The zero-order valence-corrected chi connectivity index (χ0v) is 5.94. The van der Waals surface area contributed by atoms with Gasteiger partial charge in [0.25, 0.3) is 0 Å². The van der Waals surface area contributed by atoms with Crippen LogP contribution >= 0.6 is 0 Å². The molecule has 37 valence electrons. The molecule has 0 aliphatic heterocycles. The minimum Gasteiger partial charge on any atom is -1.00 e. The van der Waals surface area contributed by atoms with Gasteiger partial charge in [-0.25, -0.2) is 19.6 Å². The van der Waals surface area contributed by atoms with Gasteiger partial charge in [-0.2, -0.15) is 0 Å². The van der Waals surface area contributed by atoms with Gasteiger partial charge in [0, 0.05) is 0 Å². The third-order valence-electron chi connectivity index (χ3n) is 0. The van der Waals surface area contributed by atoms with E-state index in [2.05, 4.69) is 13.5 Å². The van der Waals surface area contributed by atoms with Gasteiger partial charge in [-0.3, -0.25) is 0 Å². The largest absolute Gasteiger partial charge is 3.00 e. The van der Waals surface area contributed by atoms with E-state index in [0.29, 0.717) is 0 Å². The smallest absolute Gasteiger partial charge is 1.00 e. The zero-order chi connectivity index (χ0) is 2.71. The summed E-state index contributed by atoms with van der Waals surface area (Å²) in [6.45, 7) is 6.50. The number of hydrogen-bond acceptors (Lipinski definition) is 0. The van der Waals surface area contributed by atoms with E-state index in [-0.39, 0.29) is 42.2 Å². The molecule has 0 bridgehead atoms. The number of halogens is 2. The van der Waals surface area contributed by atoms with E-state index in [0.717, 1.165) is 0 Å². The van der Waals surface area contributed by atoms with E-state index >= 15 is 0 Å². The van der Waals surface area contributed by atoms with Crippen molar-refractivity contribution in [2.24, 2.45) is 0 Å². The van der Waals surface area contributed by atoms with Crippen molar-refractivity contribution in [2.45, 2.75) is 0 Å². The topological polar surface area (TPSA) is 0 Å². The van der Waals surface area contributed by atoms with Crippen molar-refractivity contribution in [3.8, 4) is 0 Å². The third-order valence-corrected chi connectivity index (χ3v) is 0. The van der Waals surface area contributed by atoms with Crippen molar-refractivity contribution < 1.29 is 42.2 Å². The minimum atomic E-state index is 0. The number of allylic oxidation sites excluding steroid dienone is 1. The van der Waals surface area contributed by atoms with Gasteiger partial charge in [-0.1, -0.05) is 0 Å². The molecule has 3 heteroatoms. The van der Waals surface area contributed by atoms with Crippen molar-refractivity contribution >= 4 is 0 Å². The second-order valence-electron chi connectivity index (χ2n) is 0.289. The molecule has 0 fully saturated rings. The van der Waals surface area contributed by atoms with Gasteiger partial charge >= 0.3 is 17.4 Å². The van der Waals surface area contributed by atoms with Gasteiger partial charge in [0.1, 0.15) is 0 Å². The summed E-state index contributed by atoms with van der Waals surface area (Å²) in [6, 6.07) is 0. The van der Waals surface area contributed by atoms with Crippen LogP contribution < -0.4 is 24.8 Å². The molecule has 0 aromatic heterocycles. The standard InChI is InChI=1S/C3H5.2ClH.Cr/c1-3-2;;;/h3H,1-2H2;2*1H;/q-1;;;+3/p-2. The Kier molecular flexibility index (Phi) is 213. The average Bonchev–Trinajstić information content (AvgIpc) is 0.918. The van der Waals surface area contributed by atoms with Crippen LogP contribution in [0.1, 0.15) is 0 Å². The summed E-state index contributed by atoms with van der Waals surface area (Å²) in [4.78, 5) is 0. The van der Waals surface area contributed by atoms with Crippen LogP contribution in [0.2, 0.25) is 0 Å². The Bertz CT molecular complexity index is 16.3. The van der Waals surface area contributed by atoms with Crippen LogP contribution in [0.15, 0.2) is 12.7 Å². The Morgan fingerprint density at radius 2 is 1.33 bits per heavy atom.